The average Bonchev–Trinajstić information content (AvgIpc) is 2.47. The van der Waals surface area contributed by atoms with E-state index in [-0.39, 0.29) is 16.6 Å². The first-order chi connectivity index (χ1) is 9.99. The van der Waals surface area contributed by atoms with E-state index < -0.39 is 10.0 Å². The Kier molecular flexibility index (Phi) is 5.55. The SMILES string of the molecule is CC(CNS(=O)(=O)c1cccnc1N)CN1CCCCC1. The smallest absolute Gasteiger partial charge is 0.244 e. The van der Waals surface area contributed by atoms with Crippen LogP contribution in [0.1, 0.15) is 26.2 Å². The Morgan fingerprint density at radius 2 is 2.10 bits per heavy atom. The summed E-state index contributed by atoms with van der Waals surface area (Å²) in [6, 6.07) is 3.04. The standard InChI is InChI=1S/C14H24N4O2S/c1-12(11-18-8-3-2-4-9-18)10-17-21(19,20)13-6-5-7-16-14(13)15/h5-7,12,17H,2-4,8-11H2,1H3,(H2,15,16). The number of likely N-dealkylation sites (tertiary alicyclic amines) is 1. The van der Waals surface area contributed by atoms with Crippen molar-refractivity contribution in [3.8, 4) is 0 Å². The Morgan fingerprint density at radius 3 is 2.76 bits per heavy atom. The van der Waals surface area contributed by atoms with Crippen LogP contribution < -0.4 is 10.5 Å². The minimum atomic E-state index is -3.58. The predicted octanol–water partition coefficient (Wildman–Crippen LogP) is 1.06. The number of nitrogen functional groups attached to an aromatic ring is 1. The Labute approximate surface area is 126 Å². The normalized spacial score (nSPS) is 18.5. The van der Waals surface area contributed by atoms with Gasteiger partial charge in [-0.15, -0.1) is 0 Å². The Bertz CT molecular complexity index is 556. The predicted molar refractivity (Wildman–Crippen MR) is 83.3 cm³/mol. The molecule has 2 rings (SSSR count). The van der Waals surface area contributed by atoms with Crippen LogP contribution >= 0.6 is 0 Å². The summed E-state index contributed by atoms with van der Waals surface area (Å²) in [5, 5.41) is 0. The van der Waals surface area contributed by atoms with Crippen LogP contribution in [-0.4, -0.2) is 44.5 Å². The van der Waals surface area contributed by atoms with E-state index in [1.807, 2.05) is 0 Å². The van der Waals surface area contributed by atoms with E-state index in [0.717, 1.165) is 19.6 Å². The van der Waals surface area contributed by atoms with Gasteiger partial charge in [0.15, 0.2) is 0 Å². The van der Waals surface area contributed by atoms with Gasteiger partial charge in [0.25, 0.3) is 0 Å². The third-order valence-electron chi connectivity index (χ3n) is 3.73. The highest BCUT2D eigenvalue weighted by atomic mass is 32.2. The van der Waals surface area contributed by atoms with Crippen LogP contribution in [0.4, 0.5) is 5.82 Å². The number of nitrogens with zero attached hydrogens (tertiary/aromatic N) is 2. The van der Waals surface area contributed by atoms with Crippen LogP contribution in [0.3, 0.4) is 0 Å². The molecule has 6 nitrogen and oxygen atoms in total. The fourth-order valence-corrected chi connectivity index (χ4v) is 3.85. The summed E-state index contributed by atoms with van der Waals surface area (Å²) in [5.41, 5.74) is 5.62. The molecule has 3 N–H and O–H groups in total. The van der Waals surface area contributed by atoms with E-state index in [1.54, 1.807) is 6.07 Å². The van der Waals surface area contributed by atoms with Crippen molar-refractivity contribution in [1.29, 1.82) is 0 Å². The van der Waals surface area contributed by atoms with Gasteiger partial charge in [-0.1, -0.05) is 13.3 Å². The highest BCUT2D eigenvalue weighted by molar-refractivity contribution is 7.89. The first kappa shape index (κ1) is 16.2. The van der Waals surface area contributed by atoms with Gasteiger partial charge in [-0.05, 0) is 44.0 Å². The largest absolute Gasteiger partial charge is 0.383 e. The van der Waals surface area contributed by atoms with Crippen molar-refractivity contribution in [2.75, 3.05) is 31.9 Å². The molecule has 1 fully saturated rings. The monoisotopic (exact) mass is 312 g/mol. The molecule has 0 saturated carbocycles. The van der Waals surface area contributed by atoms with Gasteiger partial charge >= 0.3 is 0 Å². The zero-order valence-electron chi connectivity index (χ0n) is 12.5. The molecule has 1 unspecified atom stereocenters. The maximum absolute atomic E-state index is 12.2. The third kappa shape index (κ3) is 4.66. The van der Waals surface area contributed by atoms with Crippen LogP contribution in [-0.2, 0) is 10.0 Å². The molecule has 0 aromatic carbocycles. The van der Waals surface area contributed by atoms with Gasteiger partial charge in [0.2, 0.25) is 10.0 Å². The van der Waals surface area contributed by atoms with Gasteiger partial charge in [0.1, 0.15) is 10.7 Å². The molecule has 1 atom stereocenters. The van der Waals surface area contributed by atoms with Crippen molar-refractivity contribution in [2.24, 2.45) is 5.92 Å². The van der Waals surface area contributed by atoms with E-state index in [9.17, 15) is 8.42 Å². The summed E-state index contributed by atoms with van der Waals surface area (Å²) in [5.74, 6) is 0.296. The molecular weight excluding hydrogens is 288 g/mol. The van der Waals surface area contributed by atoms with E-state index in [1.165, 1.54) is 31.5 Å². The number of nitrogens with two attached hydrogens (primary N) is 1. The molecule has 7 heteroatoms. The number of aromatic nitrogens is 1. The summed E-state index contributed by atoms with van der Waals surface area (Å²) in [4.78, 5) is 6.27. The summed E-state index contributed by atoms with van der Waals surface area (Å²) in [6.07, 6.45) is 5.26. The summed E-state index contributed by atoms with van der Waals surface area (Å²) >= 11 is 0. The van der Waals surface area contributed by atoms with Gasteiger partial charge in [-0.2, -0.15) is 0 Å². The van der Waals surface area contributed by atoms with Gasteiger partial charge < -0.3 is 10.6 Å². The topological polar surface area (TPSA) is 88.3 Å². The van der Waals surface area contributed by atoms with Crippen LogP contribution in [0.15, 0.2) is 23.2 Å². The number of nitrogens with one attached hydrogen (secondary N) is 1. The second kappa shape index (κ2) is 7.20. The molecule has 1 aromatic heterocycles. The number of anilines is 1. The lowest BCUT2D eigenvalue weighted by atomic mass is 10.1. The third-order valence-corrected chi connectivity index (χ3v) is 5.20. The molecule has 118 valence electrons. The lowest BCUT2D eigenvalue weighted by Crippen LogP contribution is -2.38. The minimum Gasteiger partial charge on any atom is -0.383 e. The first-order valence-electron chi connectivity index (χ1n) is 7.41. The molecule has 1 aromatic rings. The van der Waals surface area contributed by atoms with Crippen LogP contribution in [0.25, 0.3) is 0 Å². The number of piperidine rings is 1. The lowest BCUT2D eigenvalue weighted by molar-refractivity contribution is 0.201. The molecule has 0 radical (unpaired) electrons. The lowest BCUT2D eigenvalue weighted by Gasteiger charge is -2.29. The second-order valence-corrected chi connectivity index (χ2v) is 7.44. The molecule has 0 amide bonds. The van der Waals surface area contributed by atoms with Gasteiger partial charge in [0, 0.05) is 19.3 Å². The van der Waals surface area contributed by atoms with Crippen molar-refractivity contribution in [1.82, 2.24) is 14.6 Å². The van der Waals surface area contributed by atoms with E-state index in [0.29, 0.717) is 6.54 Å². The Balaban J connectivity index is 1.88. The molecule has 0 spiro atoms. The van der Waals surface area contributed by atoms with Crippen LogP contribution in [0, 0.1) is 5.92 Å². The summed E-state index contributed by atoms with van der Waals surface area (Å²) in [6.45, 7) is 5.63. The van der Waals surface area contributed by atoms with Crippen LogP contribution in [0.5, 0.6) is 0 Å². The summed E-state index contributed by atoms with van der Waals surface area (Å²) < 4.78 is 27.0. The zero-order valence-corrected chi connectivity index (χ0v) is 13.3. The van der Waals surface area contributed by atoms with Gasteiger partial charge in [-0.25, -0.2) is 18.1 Å². The molecule has 2 heterocycles. The number of pyridine rings is 1. The van der Waals surface area contributed by atoms with Crippen molar-refractivity contribution in [2.45, 2.75) is 31.1 Å². The Morgan fingerprint density at radius 1 is 1.38 bits per heavy atom. The highest BCUT2D eigenvalue weighted by Crippen LogP contribution is 2.15. The van der Waals surface area contributed by atoms with E-state index in [2.05, 4.69) is 21.5 Å². The Hall–Kier alpha value is -1.18. The molecule has 0 aliphatic carbocycles. The quantitative estimate of drug-likeness (QED) is 0.820. The number of rotatable bonds is 6. The van der Waals surface area contributed by atoms with Crippen LogP contribution in [0.2, 0.25) is 0 Å². The minimum absolute atomic E-state index is 0.0358. The van der Waals surface area contributed by atoms with Crippen molar-refractivity contribution >= 4 is 15.8 Å². The maximum atomic E-state index is 12.2. The zero-order chi connectivity index (χ0) is 15.3. The average molecular weight is 312 g/mol. The molecule has 1 aliphatic rings. The number of hydrogen-bond donors (Lipinski definition) is 2. The molecule has 0 bridgehead atoms. The van der Waals surface area contributed by atoms with Crippen molar-refractivity contribution in [3.05, 3.63) is 18.3 Å². The summed E-state index contributed by atoms with van der Waals surface area (Å²) in [7, 11) is -3.58. The van der Waals surface area contributed by atoms with Gasteiger partial charge in [0.05, 0.1) is 0 Å². The second-order valence-electron chi connectivity index (χ2n) is 5.71. The van der Waals surface area contributed by atoms with E-state index >= 15 is 0 Å². The van der Waals surface area contributed by atoms with Crippen molar-refractivity contribution < 1.29 is 8.42 Å². The maximum Gasteiger partial charge on any atom is 0.244 e. The van der Waals surface area contributed by atoms with E-state index in [4.69, 9.17) is 5.73 Å². The fraction of sp³-hybridized carbons (Fsp3) is 0.643. The molecular formula is C14H24N4O2S. The first-order valence-corrected chi connectivity index (χ1v) is 8.90. The number of sulfonamides is 1. The molecule has 1 aliphatic heterocycles. The highest BCUT2D eigenvalue weighted by Gasteiger charge is 2.20. The van der Waals surface area contributed by atoms with Gasteiger partial charge in [-0.3, -0.25) is 0 Å². The number of hydrogen-bond acceptors (Lipinski definition) is 5. The molecule has 21 heavy (non-hydrogen) atoms. The molecule has 1 saturated heterocycles. The van der Waals surface area contributed by atoms with Crippen molar-refractivity contribution in [3.63, 3.8) is 0 Å². The fourth-order valence-electron chi connectivity index (χ4n) is 2.61.